The summed E-state index contributed by atoms with van der Waals surface area (Å²) in [6, 6.07) is 7.33. The third-order valence-corrected chi connectivity index (χ3v) is 6.29. The zero-order valence-corrected chi connectivity index (χ0v) is 15.6. The van der Waals surface area contributed by atoms with E-state index in [1.807, 2.05) is 24.3 Å². The second kappa shape index (κ2) is 5.33. The fourth-order valence-corrected chi connectivity index (χ4v) is 5.14. The van der Waals surface area contributed by atoms with Crippen molar-refractivity contribution in [3.05, 3.63) is 80.1 Å². The fourth-order valence-electron chi connectivity index (χ4n) is 4.58. The average molecular weight is 423 g/mol. The molecule has 6 rings (SSSR count). The molecule has 5 nitrogen and oxygen atoms in total. The van der Waals surface area contributed by atoms with Gasteiger partial charge in [0.05, 0.1) is 7.11 Å². The molecule has 132 valence electrons. The lowest BCUT2D eigenvalue weighted by Crippen LogP contribution is -2.41. The number of Topliss-reactive ketones (excluding diaryl/α,β-unsaturated/α-hetero) is 2. The molecule has 2 bridgehead atoms. The number of halogens is 1. The van der Waals surface area contributed by atoms with Crippen molar-refractivity contribution in [2.24, 2.45) is 0 Å². The number of allylic oxidation sites excluding steroid dienone is 7. The number of methoxy groups -OCH3 is 1. The smallest absolute Gasteiger partial charge is 0.226 e. The summed E-state index contributed by atoms with van der Waals surface area (Å²) in [5, 5.41) is 0. The summed E-state index contributed by atoms with van der Waals surface area (Å²) in [5.41, 5.74) is 2.71. The molecular formula is C21H11BrO5. The summed E-state index contributed by atoms with van der Waals surface area (Å²) in [7, 11) is 1.32. The van der Waals surface area contributed by atoms with E-state index in [-0.39, 0.29) is 38.7 Å². The van der Waals surface area contributed by atoms with Gasteiger partial charge in [-0.25, -0.2) is 0 Å². The van der Waals surface area contributed by atoms with E-state index in [9.17, 15) is 19.2 Å². The third-order valence-electron chi connectivity index (χ3n) is 5.57. The molecule has 5 aliphatic carbocycles. The van der Waals surface area contributed by atoms with Crippen LogP contribution in [0, 0.1) is 0 Å². The zero-order valence-electron chi connectivity index (χ0n) is 14.0. The topological polar surface area (TPSA) is 77.5 Å². The summed E-state index contributed by atoms with van der Waals surface area (Å²) in [6.45, 7) is 0. The first-order valence-corrected chi connectivity index (χ1v) is 9.13. The Morgan fingerprint density at radius 3 is 1.74 bits per heavy atom. The quantitative estimate of drug-likeness (QED) is 0.650. The molecule has 0 aliphatic heterocycles. The summed E-state index contributed by atoms with van der Waals surface area (Å²) >= 11 is 3.18. The first-order chi connectivity index (χ1) is 13.0. The molecule has 0 heterocycles. The number of hydrogen-bond donors (Lipinski definition) is 0. The van der Waals surface area contributed by atoms with E-state index in [4.69, 9.17) is 4.74 Å². The van der Waals surface area contributed by atoms with Gasteiger partial charge in [0, 0.05) is 34.1 Å². The number of rotatable bonds is 1. The summed E-state index contributed by atoms with van der Waals surface area (Å²) in [5.74, 6) is -2.93. The minimum atomic E-state index is -0.736. The first kappa shape index (κ1) is 16.3. The van der Waals surface area contributed by atoms with Gasteiger partial charge < -0.3 is 4.74 Å². The third kappa shape index (κ3) is 1.83. The van der Waals surface area contributed by atoms with Crippen molar-refractivity contribution in [1.29, 1.82) is 0 Å². The molecule has 0 radical (unpaired) electrons. The molecule has 0 saturated carbocycles. The SMILES string of the molecule is COC1=C(Br)C(=O)C2=C(C1=O)[C@H]1C3=C(C(=O)C=CC3=O)[C@@H]2c2ccccc21. The van der Waals surface area contributed by atoms with Crippen LogP contribution in [0.2, 0.25) is 0 Å². The summed E-state index contributed by atoms with van der Waals surface area (Å²) in [6.07, 6.45) is 2.48. The molecule has 5 aliphatic rings. The lowest BCUT2D eigenvalue weighted by Gasteiger charge is -2.44. The van der Waals surface area contributed by atoms with Gasteiger partial charge in [0.1, 0.15) is 4.48 Å². The predicted octanol–water partition coefficient (Wildman–Crippen LogP) is 2.59. The Hall–Kier alpha value is -2.86. The lowest BCUT2D eigenvalue weighted by molar-refractivity contribution is -0.119. The highest BCUT2D eigenvalue weighted by Crippen LogP contribution is 2.59. The highest BCUT2D eigenvalue weighted by molar-refractivity contribution is 9.12. The minimum absolute atomic E-state index is 0.0473. The normalized spacial score (nSPS) is 25.9. The molecule has 0 spiro atoms. The number of carbonyl (C=O) groups excluding carboxylic acids is 4. The molecule has 27 heavy (non-hydrogen) atoms. The van der Waals surface area contributed by atoms with Gasteiger partial charge in [0.2, 0.25) is 11.6 Å². The van der Waals surface area contributed by atoms with E-state index in [2.05, 4.69) is 15.9 Å². The van der Waals surface area contributed by atoms with E-state index in [0.717, 1.165) is 11.1 Å². The second-order valence-corrected chi connectivity index (χ2v) is 7.51. The number of benzene rings is 1. The molecule has 1 aromatic carbocycles. The van der Waals surface area contributed by atoms with Gasteiger partial charge in [-0.05, 0) is 39.2 Å². The molecule has 6 heteroatoms. The summed E-state index contributed by atoms with van der Waals surface area (Å²) < 4.78 is 5.21. The molecular weight excluding hydrogens is 412 g/mol. The van der Waals surface area contributed by atoms with E-state index < -0.39 is 17.6 Å². The van der Waals surface area contributed by atoms with E-state index in [1.54, 1.807) is 0 Å². The second-order valence-electron chi connectivity index (χ2n) is 6.72. The van der Waals surface area contributed by atoms with Crippen LogP contribution in [0.1, 0.15) is 23.0 Å². The van der Waals surface area contributed by atoms with Crippen molar-refractivity contribution >= 4 is 39.1 Å². The van der Waals surface area contributed by atoms with Crippen LogP contribution in [0.4, 0.5) is 0 Å². The van der Waals surface area contributed by atoms with Crippen LogP contribution in [-0.4, -0.2) is 30.2 Å². The zero-order chi connectivity index (χ0) is 19.0. The van der Waals surface area contributed by atoms with Gasteiger partial charge in [0.15, 0.2) is 17.3 Å². The van der Waals surface area contributed by atoms with Gasteiger partial charge in [0.25, 0.3) is 0 Å². The number of carbonyl (C=O) groups is 4. The van der Waals surface area contributed by atoms with E-state index in [1.165, 1.54) is 19.3 Å². The maximum absolute atomic E-state index is 13.1. The Labute approximate surface area is 162 Å². The van der Waals surface area contributed by atoms with Gasteiger partial charge in [-0.1, -0.05) is 24.3 Å². The van der Waals surface area contributed by atoms with Crippen LogP contribution in [0.5, 0.6) is 0 Å². The Balaban J connectivity index is 1.86. The Morgan fingerprint density at radius 1 is 0.778 bits per heavy atom. The van der Waals surface area contributed by atoms with Crippen molar-refractivity contribution in [1.82, 2.24) is 0 Å². The Bertz CT molecular complexity index is 1140. The van der Waals surface area contributed by atoms with Crippen molar-refractivity contribution in [2.45, 2.75) is 11.8 Å². The molecule has 0 amide bonds. The van der Waals surface area contributed by atoms with Crippen molar-refractivity contribution in [3.63, 3.8) is 0 Å². The molecule has 1 aromatic rings. The molecule has 0 fully saturated rings. The highest BCUT2D eigenvalue weighted by atomic mass is 79.9. The van der Waals surface area contributed by atoms with Gasteiger partial charge in [-0.2, -0.15) is 0 Å². The van der Waals surface area contributed by atoms with Crippen LogP contribution < -0.4 is 0 Å². The minimum Gasteiger partial charge on any atom is -0.491 e. The summed E-state index contributed by atoms with van der Waals surface area (Å²) in [4.78, 5) is 51.6. The van der Waals surface area contributed by atoms with Gasteiger partial charge >= 0.3 is 0 Å². The predicted molar refractivity (Wildman–Crippen MR) is 98.1 cm³/mol. The Morgan fingerprint density at radius 2 is 1.26 bits per heavy atom. The molecule has 0 saturated heterocycles. The Kier molecular flexibility index (Phi) is 3.22. The van der Waals surface area contributed by atoms with Crippen LogP contribution in [0.15, 0.2) is 69.0 Å². The monoisotopic (exact) mass is 422 g/mol. The van der Waals surface area contributed by atoms with Crippen molar-refractivity contribution in [3.8, 4) is 0 Å². The van der Waals surface area contributed by atoms with E-state index in [0.29, 0.717) is 11.1 Å². The van der Waals surface area contributed by atoms with Crippen LogP contribution in [0.3, 0.4) is 0 Å². The number of ether oxygens (including phenoxy) is 1. The number of hydrogen-bond acceptors (Lipinski definition) is 5. The fraction of sp³-hybridized carbons (Fsp3) is 0.143. The van der Waals surface area contributed by atoms with Crippen LogP contribution in [0.25, 0.3) is 0 Å². The largest absolute Gasteiger partial charge is 0.491 e. The molecule has 0 N–H and O–H groups in total. The van der Waals surface area contributed by atoms with Gasteiger partial charge in [-0.3, -0.25) is 19.2 Å². The molecule has 0 aromatic heterocycles. The standard InChI is InChI=1S/C21H11BrO5/c1-27-21-18(22)19(25)16-12-8-4-2-3-5-9(8)13(17(16)20(21)26)15-11(24)7-6-10(23)14(12)15/h2-7,12-13H,1H3/t12-,13+/m0/s1. The maximum atomic E-state index is 13.1. The average Bonchev–Trinajstić information content (AvgIpc) is 2.68. The van der Waals surface area contributed by atoms with Crippen molar-refractivity contribution < 1.29 is 23.9 Å². The molecule has 2 atom stereocenters. The van der Waals surface area contributed by atoms with Crippen molar-refractivity contribution in [2.75, 3.05) is 7.11 Å². The molecule has 0 unspecified atom stereocenters. The lowest BCUT2D eigenvalue weighted by atomic mass is 9.56. The van der Waals surface area contributed by atoms with Crippen LogP contribution >= 0.6 is 15.9 Å². The highest BCUT2D eigenvalue weighted by Gasteiger charge is 2.54. The number of ketones is 4. The first-order valence-electron chi connectivity index (χ1n) is 8.34. The van der Waals surface area contributed by atoms with Crippen LogP contribution in [-0.2, 0) is 23.9 Å². The van der Waals surface area contributed by atoms with E-state index >= 15 is 0 Å². The maximum Gasteiger partial charge on any atom is 0.226 e. The van der Waals surface area contributed by atoms with Gasteiger partial charge in [-0.15, -0.1) is 0 Å².